The van der Waals surface area contributed by atoms with Gasteiger partial charge in [0.05, 0.1) is 0 Å². The summed E-state index contributed by atoms with van der Waals surface area (Å²) in [6.45, 7) is 1.72. The van der Waals surface area contributed by atoms with Gasteiger partial charge in [0.15, 0.2) is 6.10 Å². The van der Waals surface area contributed by atoms with Crippen molar-refractivity contribution in [3.63, 3.8) is 0 Å². The number of nitriles is 1. The largest absolute Gasteiger partial charge is 0.475 e. The van der Waals surface area contributed by atoms with Crippen molar-refractivity contribution >= 4 is 0 Å². The van der Waals surface area contributed by atoms with E-state index < -0.39 is 6.10 Å². The van der Waals surface area contributed by atoms with Crippen molar-refractivity contribution in [1.82, 2.24) is 4.98 Å². The molecular formula is C14H12N2O. The van der Waals surface area contributed by atoms with Crippen LogP contribution in [-0.2, 0) is 0 Å². The van der Waals surface area contributed by atoms with E-state index in [0.717, 1.165) is 11.1 Å². The first-order chi connectivity index (χ1) is 8.31. The second-order valence-corrected chi connectivity index (χ2v) is 3.63. The van der Waals surface area contributed by atoms with Gasteiger partial charge in [0.2, 0.25) is 0 Å². The molecule has 0 aliphatic carbocycles. The van der Waals surface area contributed by atoms with E-state index in [9.17, 15) is 0 Å². The third-order valence-corrected chi connectivity index (χ3v) is 2.35. The molecule has 0 amide bonds. The second kappa shape index (κ2) is 5.13. The van der Waals surface area contributed by atoms with Crippen LogP contribution in [-0.4, -0.2) is 11.1 Å². The van der Waals surface area contributed by atoms with E-state index >= 15 is 0 Å². The number of hydrogen-bond donors (Lipinski definition) is 0. The Morgan fingerprint density at radius 2 is 2.06 bits per heavy atom. The van der Waals surface area contributed by atoms with Gasteiger partial charge < -0.3 is 4.74 Å². The third-order valence-electron chi connectivity index (χ3n) is 2.35. The van der Waals surface area contributed by atoms with Crippen LogP contribution in [0.25, 0.3) is 11.1 Å². The summed E-state index contributed by atoms with van der Waals surface area (Å²) in [5.41, 5.74) is 1.93. The van der Waals surface area contributed by atoms with Gasteiger partial charge in [-0.05, 0) is 19.1 Å². The van der Waals surface area contributed by atoms with Crippen LogP contribution in [0, 0.1) is 11.3 Å². The second-order valence-electron chi connectivity index (χ2n) is 3.63. The molecule has 0 saturated heterocycles. The maximum Gasteiger partial charge on any atom is 0.181 e. The molecule has 0 bridgehead atoms. The summed E-state index contributed by atoms with van der Waals surface area (Å²) in [5.74, 6) is 0.703. The molecule has 17 heavy (non-hydrogen) atoms. The van der Waals surface area contributed by atoms with Gasteiger partial charge in [-0.15, -0.1) is 0 Å². The average Bonchev–Trinajstić information content (AvgIpc) is 2.40. The first kappa shape index (κ1) is 11.2. The summed E-state index contributed by atoms with van der Waals surface area (Å²) in [6.07, 6.45) is 3.04. The first-order valence-electron chi connectivity index (χ1n) is 5.37. The lowest BCUT2D eigenvalue weighted by Gasteiger charge is -2.12. The standard InChI is InChI=1S/C14H12N2O/c1-11(9-15)17-14-7-3-2-6-13(14)12-5-4-8-16-10-12/h2-8,10-11H,1H3/t11-/m1/s1. The number of hydrogen-bond acceptors (Lipinski definition) is 3. The Kier molecular flexibility index (Phi) is 3.37. The predicted octanol–water partition coefficient (Wildman–Crippen LogP) is 3.04. The molecule has 0 aliphatic rings. The molecule has 2 rings (SSSR count). The molecule has 0 N–H and O–H groups in total. The summed E-state index contributed by atoms with van der Waals surface area (Å²) in [6, 6.07) is 13.5. The van der Waals surface area contributed by atoms with Crippen LogP contribution in [0.2, 0.25) is 0 Å². The molecule has 0 saturated carbocycles. The minimum absolute atomic E-state index is 0.465. The minimum atomic E-state index is -0.465. The van der Waals surface area contributed by atoms with Crippen LogP contribution in [0.5, 0.6) is 5.75 Å². The molecule has 1 aromatic heterocycles. The van der Waals surface area contributed by atoms with E-state index in [2.05, 4.69) is 11.1 Å². The number of nitrogens with zero attached hydrogens (tertiary/aromatic N) is 2. The average molecular weight is 224 g/mol. The van der Waals surface area contributed by atoms with Crippen molar-refractivity contribution in [1.29, 1.82) is 5.26 Å². The molecule has 3 nitrogen and oxygen atoms in total. The molecule has 1 atom stereocenters. The Hall–Kier alpha value is -2.34. The van der Waals surface area contributed by atoms with E-state index in [4.69, 9.17) is 10.00 Å². The number of pyridine rings is 1. The van der Waals surface area contributed by atoms with Gasteiger partial charge in [-0.2, -0.15) is 5.26 Å². The fourth-order valence-electron chi connectivity index (χ4n) is 1.55. The molecule has 0 fully saturated rings. The zero-order chi connectivity index (χ0) is 12.1. The van der Waals surface area contributed by atoms with Gasteiger partial charge >= 0.3 is 0 Å². The van der Waals surface area contributed by atoms with Gasteiger partial charge in [-0.25, -0.2) is 0 Å². The number of ether oxygens (including phenoxy) is 1. The van der Waals surface area contributed by atoms with Gasteiger partial charge in [0.25, 0.3) is 0 Å². The number of benzene rings is 1. The van der Waals surface area contributed by atoms with Crippen LogP contribution in [0.1, 0.15) is 6.92 Å². The Balaban J connectivity index is 2.38. The van der Waals surface area contributed by atoms with Gasteiger partial charge in [0, 0.05) is 23.5 Å². The third kappa shape index (κ3) is 2.61. The lowest BCUT2D eigenvalue weighted by Crippen LogP contribution is -2.08. The molecule has 0 spiro atoms. The summed E-state index contributed by atoms with van der Waals surface area (Å²) in [7, 11) is 0. The van der Waals surface area contributed by atoms with E-state index in [1.54, 1.807) is 19.3 Å². The molecule has 1 heterocycles. The first-order valence-corrected chi connectivity index (χ1v) is 5.37. The summed E-state index contributed by atoms with van der Waals surface area (Å²) < 4.78 is 5.56. The van der Waals surface area contributed by atoms with Crippen molar-refractivity contribution in [2.24, 2.45) is 0 Å². The van der Waals surface area contributed by atoms with Crippen LogP contribution < -0.4 is 4.74 Å². The van der Waals surface area contributed by atoms with Gasteiger partial charge in [-0.3, -0.25) is 4.98 Å². The van der Waals surface area contributed by atoms with Crippen molar-refractivity contribution in [3.8, 4) is 22.9 Å². The lowest BCUT2D eigenvalue weighted by atomic mass is 10.1. The highest BCUT2D eigenvalue weighted by atomic mass is 16.5. The fourth-order valence-corrected chi connectivity index (χ4v) is 1.55. The van der Waals surface area contributed by atoms with Crippen LogP contribution in [0.15, 0.2) is 48.8 Å². The molecule has 0 radical (unpaired) electrons. The minimum Gasteiger partial charge on any atom is -0.475 e. The molecule has 1 aromatic carbocycles. The quantitative estimate of drug-likeness (QED) is 0.805. The maximum atomic E-state index is 8.77. The molecule has 0 aliphatic heterocycles. The van der Waals surface area contributed by atoms with E-state index in [1.807, 2.05) is 36.4 Å². The molecule has 2 aromatic rings. The van der Waals surface area contributed by atoms with Crippen molar-refractivity contribution in [3.05, 3.63) is 48.8 Å². The van der Waals surface area contributed by atoms with Crippen LogP contribution in [0.4, 0.5) is 0 Å². The number of rotatable bonds is 3. The highest BCUT2D eigenvalue weighted by Crippen LogP contribution is 2.29. The number of para-hydroxylation sites is 1. The van der Waals surface area contributed by atoms with Gasteiger partial charge in [-0.1, -0.05) is 24.3 Å². The van der Waals surface area contributed by atoms with Gasteiger partial charge in [0.1, 0.15) is 11.8 Å². The zero-order valence-corrected chi connectivity index (χ0v) is 9.50. The highest BCUT2D eigenvalue weighted by Gasteiger charge is 2.08. The molecule has 84 valence electrons. The molecule has 0 unspecified atom stereocenters. The Morgan fingerprint density at radius 3 is 2.76 bits per heavy atom. The maximum absolute atomic E-state index is 8.77. The summed E-state index contributed by atoms with van der Waals surface area (Å²) in [5, 5.41) is 8.77. The Morgan fingerprint density at radius 1 is 1.24 bits per heavy atom. The van der Waals surface area contributed by atoms with Crippen LogP contribution in [0.3, 0.4) is 0 Å². The van der Waals surface area contributed by atoms with E-state index in [-0.39, 0.29) is 0 Å². The highest BCUT2D eigenvalue weighted by molar-refractivity contribution is 5.69. The van der Waals surface area contributed by atoms with Crippen molar-refractivity contribution in [2.75, 3.05) is 0 Å². The van der Waals surface area contributed by atoms with Crippen molar-refractivity contribution in [2.45, 2.75) is 13.0 Å². The zero-order valence-electron chi connectivity index (χ0n) is 9.50. The molecular weight excluding hydrogens is 212 g/mol. The number of aromatic nitrogens is 1. The SMILES string of the molecule is C[C@H](C#N)Oc1ccccc1-c1cccnc1. The normalized spacial score (nSPS) is 11.5. The summed E-state index contributed by atoms with van der Waals surface area (Å²) >= 11 is 0. The van der Waals surface area contributed by atoms with Crippen molar-refractivity contribution < 1.29 is 4.74 Å². The molecule has 3 heteroatoms. The lowest BCUT2D eigenvalue weighted by molar-refractivity contribution is 0.277. The van der Waals surface area contributed by atoms with E-state index in [1.165, 1.54) is 0 Å². The fraction of sp³-hybridized carbons (Fsp3) is 0.143. The van der Waals surface area contributed by atoms with E-state index in [0.29, 0.717) is 5.75 Å². The monoisotopic (exact) mass is 224 g/mol. The predicted molar refractivity (Wildman–Crippen MR) is 65.4 cm³/mol. The summed E-state index contributed by atoms with van der Waals surface area (Å²) in [4.78, 5) is 4.08. The van der Waals surface area contributed by atoms with Crippen LogP contribution >= 0.6 is 0 Å². The smallest absolute Gasteiger partial charge is 0.181 e. The Labute approximate surface area is 100 Å². The Bertz CT molecular complexity index is 531. The topological polar surface area (TPSA) is 45.9 Å².